The fourth-order valence-electron chi connectivity index (χ4n) is 1.39. The van der Waals surface area contributed by atoms with Gasteiger partial charge in [-0.1, -0.05) is 6.07 Å². The summed E-state index contributed by atoms with van der Waals surface area (Å²) in [5, 5.41) is 9.47. The lowest BCUT2D eigenvalue weighted by atomic mass is 10.2. The smallest absolute Gasteiger partial charge is 0.200 e. The first kappa shape index (κ1) is 10.4. The molecule has 1 aliphatic rings. The van der Waals surface area contributed by atoms with Crippen LogP contribution >= 0.6 is 0 Å². The monoisotopic (exact) mass is 214 g/mol. The molecule has 4 heteroatoms. The van der Waals surface area contributed by atoms with Crippen molar-refractivity contribution in [2.45, 2.75) is 18.9 Å². The van der Waals surface area contributed by atoms with Gasteiger partial charge in [0.1, 0.15) is 6.61 Å². The molecular weight excluding hydrogens is 202 g/mol. The highest BCUT2D eigenvalue weighted by atomic mass is 19.2. The van der Waals surface area contributed by atoms with Crippen molar-refractivity contribution in [3.05, 3.63) is 29.8 Å². The molecule has 1 fully saturated rings. The number of rotatable bonds is 4. The van der Waals surface area contributed by atoms with E-state index >= 15 is 0 Å². The molecule has 0 bridgehead atoms. The van der Waals surface area contributed by atoms with Crippen LogP contribution in [0.5, 0.6) is 5.75 Å². The Morgan fingerprint density at radius 3 is 2.80 bits per heavy atom. The molecule has 0 aliphatic heterocycles. The second kappa shape index (κ2) is 4.14. The average Bonchev–Trinajstić information content (AvgIpc) is 3.03. The van der Waals surface area contributed by atoms with Gasteiger partial charge in [0.05, 0.1) is 6.10 Å². The summed E-state index contributed by atoms with van der Waals surface area (Å²) in [7, 11) is 0. The lowest BCUT2D eigenvalue weighted by Crippen LogP contribution is -2.19. The van der Waals surface area contributed by atoms with E-state index in [4.69, 9.17) is 4.74 Å². The van der Waals surface area contributed by atoms with Crippen LogP contribution in [0.25, 0.3) is 0 Å². The van der Waals surface area contributed by atoms with E-state index in [9.17, 15) is 13.9 Å². The van der Waals surface area contributed by atoms with Gasteiger partial charge in [-0.2, -0.15) is 4.39 Å². The maximum atomic E-state index is 13.1. The van der Waals surface area contributed by atoms with Crippen LogP contribution < -0.4 is 4.74 Å². The highest BCUT2D eigenvalue weighted by molar-refractivity contribution is 5.25. The van der Waals surface area contributed by atoms with E-state index in [0.717, 1.165) is 18.9 Å². The van der Waals surface area contributed by atoms with E-state index in [0.29, 0.717) is 0 Å². The molecule has 0 radical (unpaired) electrons. The topological polar surface area (TPSA) is 29.5 Å². The molecule has 1 aromatic rings. The van der Waals surface area contributed by atoms with E-state index in [1.165, 1.54) is 12.1 Å². The van der Waals surface area contributed by atoms with Gasteiger partial charge in [-0.3, -0.25) is 0 Å². The largest absolute Gasteiger partial charge is 0.488 e. The van der Waals surface area contributed by atoms with Gasteiger partial charge in [-0.05, 0) is 30.9 Å². The Labute approximate surface area is 86.5 Å². The zero-order chi connectivity index (χ0) is 10.8. The Bertz CT molecular complexity index is 350. The van der Waals surface area contributed by atoms with E-state index in [1.54, 1.807) is 0 Å². The van der Waals surface area contributed by atoms with E-state index in [-0.39, 0.29) is 18.3 Å². The molecule has 0 amide bonds. The SMILES string of the molecule is OC(COc1cccc(F)c1F)C1CC1. The molecule has 1 atom stereocenters. The summed E-state index contributed by atoms with van der Waals surface area (Å²) >= 11 is 0. The van der Waals surface area contributed by atoms with Crippen molar-refractivity contribution >= 4 is 0 Å². The van der Waals surface area contributed by atoms with Crippen LogP contribution in [0.15, 0.2) is 18.2 Å². The minimum atomic E-state index is -1.000. The van der Waals surface area contributed by atoms with Crippen LogP contribution in [-0.2, 0) is 0 Å². The number of hydrogen-bond donors (Lipinski definition) is 1. The Hall–Kier alpha value is -1.16. The Morgan fingerprint density at radius 1 is 1.40 bits per heavy atom. The molecule has 0 aromatic heterocycles. The highest BCUT2D eigenvalue weighted by Crippen LogP contribution is 2.33. The van der Waals surface area contributed by atoms with Crippen LogP contribution in [0.4, 0.5) is 8.78 Å². The molecule has 1 N–H and O–H groups in total. The molecule has 2 rings (SSSR count). The van der Waals surface area contributed by atoms with Gasteiger partial charge in [0.15, 0.2) is 11.6 Å². The Kier molecular flexibility index (Phi) is 2.86. The van der Waals surface area contributed by atoms with Gasteiger partial charge in [0, 0.05) is 0 Å². The van der Waals surface area contributed by atoms with E-state index in [1.807, 2.05) is 0 Å². The fourth-order valence-corrected chi connectivity index (χ4v) is 1.39. The second-order valence-electron chi connectivity index (χ2n) is 3.77. The fraction of sp³-hybridized carbons (Fsp3) is 0.455. The van der Waals surface area contributed by atoms with Crippen LogP contribution in [0, 0.1) is 17.6 Å². The molecule has 0 heterocycles. The molecule has 82 valence electrons. The second-order valence-corrected chi connectivity index (χ2v) is 3.77. The van der Waals surface area contributed by atoms with Gasteiger partial charge in [-0.25, -0.2) is 4.39 Å². The van der Waals surface area contributed by atoms with Gasteiger partial charge >= 0.3 is 0 Å². The number of aliphatic hydroxyl groups excluding tert-OH is 1. The van der Waals surface area contributed by atoms with Crippen LogP contribution in [-0.4, -0.2) is 17.8 Å². The predicted octanol–water partition coefficient (Wildman–Crippen LogP) is 2.11. The van der Waals surface area contributed by atoms with Crippen molar-refractivity contribution in [3.63, 3.8) is 0 Å². The molecule has 0 spiro atoms. The minimum Gasteiger partial charge on any atom is -0.488 e. The molecule has 0 saturated heterocycles. The first-order chi connectivity index (χ1) is 7.18. The quantitative estimate of drug-likeness (QED) is 0.831. The third-order valence-electron chi connectivity index (χ3n) is 2.49. The van der Waals surface area contributed by atoms with Gasteiger partial charge < -0.3 is 9.84 Å². The maximum Gasteiger partial charge on any atom is 0.200 e. The third kappa shape index (κ3) is 2.45. The lowest BCUT2D eigenvalue weighted by Gasteiger charge is -2.11. The molecule has 1 aliphatic carbocycles. The summed E-state index contributed by atoms with van der Waals surface area (Å²) in [5.74, 6) is -1.81. The summed E-state index contributed by atoms with van der Waals surface area (Å²) < 4.78 is 30.9. The maximum absolute atomic E-state index is 13.1. The van der Waals surface area contributed by atoms with Crippen LogP contribution in [0.2, 0.25) is 0 Å². The van der Waals surface area contributed by atoms with E-state index in [2.05, 4.69) is 0 Å². The van der Waals surface area contributed by atoms with Crippen molar-refractivity contribution in [2.24, 2.45) is 5.92 Å². The zero-order valence-corrected chi connectivity index (χ0v) is 8.12. The Balaban J connectivity index is 1.95. The van der Waals surface area contributed by atoms with Crippen molar-refractivity contribution in [1.29, 1.82) is 0 Å². The minimum absolute atomic E-state index is 0.0189. The highest BCUT2D eigenvalue weighted by Gasteiger charge is 2.30. The van der Waals surface area contributed by atoms with Gasteiger partial charge in [0.25, 0.3) is 0 Å². The molecule has 2 nitrogen and oxygen atoms in total. The lowest BCUT2D eigenvalue weighted by molar-refractivity contribution is 0.0870. The predicted molar refractivity (Wildman–Crippen MR) is 50.6 cm³/mol. The standard InChI is InChI=1S/C11H12F2O2/c12-8-2-1-3-10(11(8)13)15-6-9(14)7-4-5-7/h1-3,7,9,14H,4-6H2. The third-order valence-corrected chi connectivity index (χ3v) is 2.49. The van der Waals surface area contributed by atoms with E-state index < -0.39 is 17.7 Å². The number of aliphatic hydroxyl groups is 1. The first-order valence-electron chi connectivity index (χ1n) is 4.93. The summed E-state index contributed by atoms with van der Waals surface area (Å²) in [6.45, 7) is 0.0189. The van der Waals surface area contributed by atoms with Crippen molar-refractivity contribution in [2.75, 3.05) is 6.61 Å². The summed E-state index contributed by atoms with van der Waals surface area (Å²) in [6.07, 6.45) is 1.39. The normalized spacial score (nSPS) is 17.5. The number of ether oxygens (including phenoxy) is 1. The van der Waals surface area contributed by atoms with Crippen molar-refractivity contribution in [1.82, 2.24) is 0 Å². The number of benzene rings is 1. The summed E-state index contributed by atoms with van der Waals surface area (Å²) in [4.78, 5) is 0. The Morgan fingerprint density at radius 2 is 2.13 bits per heavy atom. The van der Waals surface area contributed by atoms with Gasteiger partial charge in [-0.15, -0.1) is 0 Å². The number of hydrogen-bond acceptors (Lipinski definition) is 2. The summed E-state index contributed by atoms with van der Waals surface area (Å²) in [6, 6.07) is 3.74. The van der Waals surface area contributed by atoms with Gasteiger partial charge in [0.2, 0.25) is 5.82 Å². The van der Waals surface area contributed by atoms with Crippen LogP contribution in [0.1, 0.15) is 12.8 Å². The molecule has 1 aromatic carbocycles. The summed E-state index contributed by atoms with van der Waals surface area (Å²) in [5.41, 5.74) is 0. The first-order valence-corrected chi connectivity index (χ1v) is 4.93. The average molecular weight is 214 g/mol. The molecule has 15 heavy (non-hydrogen) atoms. The van der Waals surface area contributed by atoms with Crippen molar-refractivity contribution in [3.8, 4) is 5.75 Å². The number of halogens is 2. The van der Waals surface area contributed by atoms with Crippen molar-refractivity contribution < 1.29 is 18.6 Å². The molecule has 1 unspecified atom stereocenters. The molecular formula is C11H12F2O2. The zero-order valence-electron chi connectivity index (χ0n) is 8.12. The molecule has 1 saturated carbocycles. The van der Waals surface area contributed by atoms with Crippen LogP contribution in [0.3, 0.4) is 0 Å².